The van der Waals surface area contributed by atoms with E-state index in [0.717, 1.165) is 35.7 Å². The van der Waals surface area contributed by atoms with Crippen LogP contribution in [0.5, 0.6) is 0 Å². The molecule has 0 aliphatic carbocycles. The first kappa shape index (κ1) is 20.5. The number of nitrogens with zero attached hydrogens (tertiary/aromatic N) is 4. The molecule has 0 amide bonds. The number of hydrogen-bond acceptors (Lipinski definition) is 6. The lowest BCUT2D eigenvalue weighted by atomic mass is 10.2. The summed E-state index contributed by atoms with van der Waals surface area (Å²) in [7, 11) is 0. The molecule has 1 aromatic carbocycles. The fourth-order valence-electron chi connectivity index (χ4n) is 3.67. The van der Waals surface area contributed by atoms with Crippen LogP contribution in [0.2, 0.25) is 0 Å². The van der Waals surface area contributed by atoms with E-state index >= 15 is 0 Å². The zero-order valence-corrected chi connectivity index (χ0v) is 17.9. The highest BCUT2D eigenvalue weighted by Gasteiger charge is 2.25. The number of ether oxygens (including phenoxy) is 1. The highest BCUT2D eigenvalue weighted by Crippen LogP contribution is 2.27. The van der Waals surface area contributed by atoms with Crippen molar-refractivity contribution in [2.45, 2.75) is 26.1 Å². The van der Waals surface area contributed by atoms with Crippen molar-refractivity contribution in [1.29, 1.82) is 0 Å². The average Bonchev–Trinajstić information content (AvgIpc) is 3.20. The molecule has 0 bridgehead atoms. The number of thiocarbonyl (C=S) groups is 1. The quantitative estimate of drug-likeness (QED) is 0.536. The van der Waals surface area contributed by atoms with Gasteiger partial charge in [-0.05, 0) is 62.5 Å². The van der Waals surface area contributed by atoms with Crippen LogP contribution in [-0.4, -0.2) is 63.3 Å². The molecule has 2 aromatic heterocycles. The van der Waals surface area contributed by atoms with Gasteiger partial charge in [-0.15, -0.1) is 5.10 Å². The van der Waals surface area contributed by atoms with Crippen LogP contribution >= 0.6 is 12.2 Å². The van der Waals surface area contributed by atoms with E-state index in [-0.39, 0.29) is 18.8 Å². The first-order valence-electron chi connectivity index (χ1n) is 10.1. The van der Waals surface area contributed by atoms with Crippen molar-refractivity contribution in [2.24, 2.45) is 0 Å². The third kappa shape index (κ3) is 4.53. The SMILES string of the molecule is C[C@@H]1CN(c2nc(-c3ccc(NC(=S)NCCO)cc3)nn3cccc23)C[C@H](C)O1. The Morgan fingerprint density at radius 2 is 1.93 bits per heavy atom. The van der Waals surface area contributed by atoms with Gasteiger partial charge in [0.25, 0.3) is 0 Å². The maximum atomic E-state index is 8.87. The van der Waals surface area contributed by atoms with Gasteiger partial charge in [-0.25, -0.2) is 9.50 Å². The van der Waals surface area contributed by atoms with E-state index in [1.807, 2.05) is 47.1 Å². The minimum absolute atomic E-state index is 0.0308. The van der Waals surface area contributed by atoms with Crippen molar-refractivity contribution in [3.05, 3.63) is 42.6 Å². The molecule has 30 heavy (non-hydrogen) atoms. The monoisotopic (exact) mass is 426 g/mol. The van der Waals surface area contributed by atoms with Crippen molar-refractivity contribution in [3.63, 3.8) is 0 Å². The molecule has 1 aliphatic heterocycles. The summed E-state index contributed by atoms with van der Waals surface area (Å²) >= 11 is 5.20. The first-order chi connectivity index (χ1) is 14.5. The van der Waals surface area contributed by atoms with Crippen molar-refractivity contribution in [1.82, 2.24) is 19.9 Å². The van der Waals surface area contributed by atoms with Gasteiger partial charge < -0.3 is 25.4 Å². The maximum absolute atomic E-state index is 8.87. The standard InChI is InChI=1S/C21H26N6O2S/c1-14-12-26(13-15(2)29-14)20-18-4-3-10-27(18)25-19(24-20)16-5-7-17(8-6-16)23-21(30)22-9-11-28/h3-8,10,14-15,28H,9,11-13H2,1-2H3,(H2,22,23,30)/t14-,15+. The van der Waals surface area contributed by atoms with E-state index in [0.29, 0.717) is 17.5 Å². The summed E-state index contributed by atoms with van der Waals surface area (Å²) in [4.78, 5) is 7.20. The zero-order valence-electron chi connectivity index (χ0n) is 17.1. The summed E-state index contributed by atoms with van der Waals surface area (Å²) in [5.74, 6) is 1.58. The molecule has 2 atom stereocenters. The molecule has 9 heteroatoms. The minimum atomic E-state index is 0.0308. The second-order valence-corrected chi connectivity index (χ2v) is 7.85. The van der Waals surface area contributed by atoms with Crippen LogP contribution in [0.3, 0.4) is 0 Å². The molecule has 8 nitrogen and oxygen atoms in total. The van der Waals surface area contributed by atoms with Crippen LogP contribution < -0.4 is 15.5 Å². The molecular formula is C21H26N6O2S. The van der Waals surface area contributed by atoms with Crippen LogP contribution in [-0.2, 0) is 4.74 Å². The van der Waals surface area contributed by atoms with Gasteiger partial charge in [-0.1, -0.05) is 0 Å². The summed E-state index contributed by atoms with van der Waals surface area (Å²) in [6.45, 7) is 6.21. The third-order valence-electron chi connectivity index (χ3n) is 4.89. The van der Waals surface area contributed by atoms with Crippen molar-refractivity contribution < 1.29 is 9.84 Å². The average molecular weight is 427 g/mol. The van der Waals surface area contributed by atoms with Crippen molar-refractivity contribution in [3.8, 4) is 11.4 Å². The van der Waals surface area contributed by atoms with Gasteiger partial charge >= 0.3 is 0 Å². The zero-order chi connectivity index (χ0) is 21.1. The Hall–Kier alpha value is -2.75. The van der Waals surface area contributed by atoms with E-state index in [2.05, 4.69) is 29.4 Å². The van der Waals surface area contributed by atoms with Crippen LogP contribution in [0.1, 0.15) is 13.8 Å². The topological polar surface area (TPSA) is 87.0 Å². The molecular weight excluding hydrogens is 400 g/mol. The third-order valence-corrected chi connectivity index (χ3v) is 5.14. The van der Waals surface area contributed by atoms with Gasteiger partial charge in [-0.3, -0.25) is 0 Å². The summed E-state index contributed by atoms with van der Waals surface area (Å²) < 4.78 is 7.76. The Bertz CT molecular complexity index is 1010. The van der Waals surface area contributed by atoms with E-state index in [4.69, 9.17) is 32.1 Å². The molecule has 158 valence electrons. The number of benzene rings is 1. The molecule has 1 fully saturated rings. The number of aromatic nitrogens is 3. The Kier molecular flexibility index (Phi) is 6.12. The number of aliphatic hydroxyl groups excluding tert-OH is 1. The Morgan fingerprint density at radius 3 is 2.63 bits per heavy atom. The van der Waals surface area contributed by atoms with Gasteiger partial charge in [0.15, 0.2) is 16.8 Å². The summed E-state index contributed by atoms with van der Waals surface area (Å²) in [5, 5.41) is 20.1. The maximum Gasteiger partial charge on any atom is 0.182 e. The predicted molar refractivity (Wildman–Crippen MR) is 122 cm³/mol. The molecule has 0 radical (unpaired) electrons. The Labute approximate surface area is 180 Å². The first-order valence-corrected chi connectivity index (χ1v) is 10.5. The van der Waals surface area contributed by atoms with E-state index < -0.39 is 0 Å². The van der Waals surface area contributed by atoms with Gasteiger partial charge in [-0.2, -0.15) is 0 Å². The highest BCUT2D eigenvalue weighted by molar-refractivity contribution is 7.80. The second-order valence-electron chi connectivity index (χ2n) is 7.44. The van der Waals surface area contributed by atoms with Crippen LogP contribution in [0.4, 0.5) is 11.5 Å². The molecule has 0 unspecified atom stereocenters. The van der Waals surface area contributed by atoms with Gasteiger partial charge in [0, 0.05) is 37.1 Å². The molecule has 1 aliphatic rings. The normalized spacial score (nSPS) is 19.1. The summed E-state index contributed by atoms with van der Waals surface area (Å²) in [6.07, 6.45) is 2.24. The van der Waals surface area contributed by atoms with Crippen molar-refractivity contribution in [2.75, 3.05) is 36.5 Å². The lowest BCUT2D eigenvalue weighted by molar-refractivity contribution is -0.00539. The number of rotatable bonds is 5. The number of nitrogens with one attached hydrogen (secondary N) is 2. The predicted octanol–water partition coefficient (Wildman–Crippen LogP) is 2.29. The van der Waals surface area contributed by atoms with E-state index in [1.54, 1.807) is 0 Å². The molecule has 3 aromatic rings. The fraction of sp³-hybridized carbons (Fsp3) is 0.381. The number of aliphatic hydroxyl groups is 1. The smallest absolute Gasteiger partial charge is 0.182 e. The number of anilines is 2. The summed E-state index contributed by atoms with van der Waals surface area (Å²) in [5.41, 5.74) is 2.76. The van der Waals surface area contributed by atoms with Crippen LogP contribution in [0, 0.1) is 0 Å². The van der Waals surface area contributed by atoms with Gasteiger partial charge in [0.2, 0.25) is 0 Å². The highest BCUT2D eigenvalue weighted by atomic mass is 32.1. The molecule has 3 heterocycles. The Morgan fingerprint density at radius 1 is 1.20 bits per heavy atom. The lowest BCUT2D eigenvalue weighted by Crippen LogP contribution is -2.46. The molecule has 1 saturated heterocycles. The molecule has 0 saturated carbocycles. The minimum Gasteiger partial charge on any atom is -0.395 e. The van der Waals surface area contributed by atoms with Gasteiger partial charge in [0.1, 0.15) is 5.52 Å². The van der Waals surface area contributed by atoms with E-state index in [1.165, 1.54) is 0 Å². The van der Waals surface area contributed by atoms with Crippen LogP contribution in [0.15, 0.2) is 42.6 Å². The van der Waals surface area contributed by atoms with E-state index in [9.17, 15) is 0 Å². The van der Waals surface area contributed by atoms with Crippen LogP contribution in [0.25, 0.3) is 16.9 Å². The lowest BCUT2D eigenvalue weighted by Gasteiger charge is -2.36. The molecule has 4 rings (SSSR count). The second kappa shape index (κ2) is 8.95. The number of hydrogen-bond donors (Lipinski definition) is 3. The molecule has 0 spiro atoms. The Balaban J connectivity index is 1.61. The van der Waals surface area contributed by atoms with Gasteiger partial charge in [0.05, 0.1) is 18.8 Å². The summed E-state index contributed by atoms with van der Waals surface area (Å²) in [6, 6.07) is 11.8. The number of morpholine rings is 1. The fourth-order valence-corrected chi connectivity index (χ4v) is 3.89. The number of fused-ring (bicyclic) bond motifs is 1. The largest absolute Gasteiger partial charge is 0.395 e. The van der Waals surface area contributed by atoms with Crippen molar-refractivity contribution >= 4 is 34.4 Å². The molecule has 3 N–H and O–H groups in total.